The molecule has 1 aromatic carbocycles. The Morgan fingerprint density at radius 3 is 2.54 bits per heavy atom. The van der Waals surface area contributed by atoms with Crippen LogP contribution < -0.4 is 0 Å². The van der Waals surface area contributed by atoms with Gasteiger partial charge in [-0.3, -0.25) is 0 Å². The van der Waals surface area contributed by atoms with Crippen molar-refractivity contribution < 1.29 is 18.7 Å². The molecule has 1 rings (SSSR count). The highest BCUT2D eigenvalue weighted by atomic mass is 19.1. The van der Waals surface area contributed by atoms with Crippen LogP contribution in [-0.4, -0.2) is 11.1 Å². The molecule has 0 atom stereocenters. The third kappa shape index (κ3) is 1.90. The third-order valence-corrected chi connectivity index (χ3v) is 1.51. The van der Waals surface area contributed by atoms with Gasteiger partial charge in [-0.2, -0.15) is 0 Å². The fraction of sp³-hybridized carbons (Fsp3) is 0. The molecule has 0 aliphatic rings. The van der Waals surface area contributed by atoms with Crippen LogP contribution in [0.4, 0.5) is 8.78 Å². The van der Waals surface area contributed by atoms with Crippen LogP contribution in [-0.2, 0) is 4.79 Å². The molecule has 0 unspecified atom stereocenters. The van der Waals surface area contributed by atoms with Gasteiger partial charge in [0, 0.05) is 5.56 Å². The predicted molar refractivity (Wildman–Crippen MR) is 43.0 cm³/mol. The summed E-state index contributed by atoms with van der Waals surface area (Å²) in [6, 6.07) is 2.57. The van der Waals surface area contributed by atoms with Gasteiger partial charge in [-0.1, -0.05) is 6.58 Å². The van der Waals surface area contributed by atoms with E-state index in [1.54, 1.807) is 0 Å². The lowest BCUT2D eigenvalue weighted by molar-refractivity contribution is -0.130. The Kier molecular flexibility index (Phi) is 2.41. The number of carbonyl (C=O) groups is 1. The summed E-state index contributed by atoms with van der Waals surface area (Å²) in [6.07, 6.45) is 0. The van der Waals surface area contributed by atoms with Crippen molar-refractivity contribution in [1.82, 2.24) is 0 Å². The highest BCUT2D eigenvalue weighted by molar-refractivity contribution is 6.14. The number of carboxylic acid groups (broad SMARTS) is 1. The number of hydrogen-bond acceptors (Lipinski definition) is 1. The van der Waals surface area contributed by atoms with Crippen LogP contribution in [0.1, 0.15) is 5.56 Å². The molecule has 1 aromatic rings. The van der Waals surface area contributed by atoms with Crippen molar-refractivity contribution in [3.05, 3.63) is 42.0 Å². The van der Waals surface area contributed by atoms with Crippen molar-refractivity contribution in [1.29, 1.82) is 0 Å². The van der Waals surface area contributed by atoms with Crippen LogP contribution in [0.15, 0.2) is 24.8 Å². The van der Waals surface area contributed by atoms with E-state index in [0.717, 1.165) is 18.2 Å². The number of carboxylic acids is 1. The largest absolute Gasteiger partial charge is 0.478 e. The maximum Gasteiger partial charge on any atom is 0.335 e. The van der Waals surface area contributed by atoms with E-state index in [-0.39, 0.29) is 5.56 Å². The Morgan fingerprint density at radius 1 is 1.38 bits per heavy atom. The summed E-state index contributed by atoms with van der Waals surface area (Å²) >= 11 is 0. The van der Waals surface area contributed by atoms with E-state index in [1.807, 2.05) is 0 Å². The van der Waals surface area contributed by atoms with Crippen molar-refractivity contribution in [2.24, 2.45) is 0 Å². The maximum absolute atomic E-state index is 12.9. The van der Waals surface area contributed by atoms with Crippen LogP contribution in [0.25, 0.3) is 5.57 Å². The van der Waals surface area contributed by atoms with Crippen molar-refractivity contribution in [2.75, 3.05) is 0 Å². The molecule has 0 saturated carbocycles. The molecule has 13 heavy (non-hydrogen) atoms. The number of halogens is 2. The molecule has 0 fully saturated rings. The molecule has 68 valence electrons. The fourth-order valence-corrected chi connectivity index (χ4v) is 0.844. The molecule has 0 aliphatic carbocycles. The molecule has 0 aliphatic heterocycles. The Balaban J connectivity index is 3.21. The van der Waals surface area contributed by atoms with E-state index in [1.165, 1.54) is 0 Å². The predicted octanol–water partition coefficient (Wildman–Crippen LogP) is 2.06. The number of aliphatic carboxylic acids is 1. The zero-order valence-corrected chi connectivity index (χ0v) is 6.55. The van der Waals surface area contributed by atoms with Gasteiger partial charge in [0.2, 0.25) is 0 Å². The standard InChI is InChI=1S/C9H6F2O2/c1-5(9(12)13)7-4-6(10)2-3-8(7)11/h2-4H,1H2,(H,12,13). The zero-order valence-electron chi connectivity index (χ0n) is 6.55. The average molecular weight is 184 g/mol. The van der Waals surface area contributed by atoms with Crippen LogP contribution in [0.5, 0.6) is 0 Å². The molecule has 0 spiro atoms. The molecule has 0 bridgehead atoms. The van der Waals surface area contributed by atoms with Gasteiger partial charge in [0.15, 0.2) is 0 Å². The lowest BCUT2D eigenvalue weighted by Crippen LogP contribution is -2.00. The molecule has 2 nitrogen and oxygen atoms in total. The zero-order chi connectivity index (χ0) is 10.0. The van der Waals surface area contributed by atoms with Gasteiger partial charge in [0.1, 0.15) is 11.6 Å². The topological polar surface area (TPSA) is 37.3 Å². The highest BCUT2D eigenvalue weighted by Gasteiger charge is 2.12. The summed E-state index contributed by atoms with van der Waals surface area (Å²) < 4.78 is 25.5. The minimum Gasteiger partial charge on any atom is -0.478 e. The fourth-order valence-electron chi connectivity index (χ4n) is 0.844. The van der Waals surface area contributed by atoms with Gasteiger partial charge in [-0.25, -0.2) is 13.6 Å². The van der Waals surface area contributed by atoms with E-state index in [2.05, 4.69) is 6.58 Å². The van der Waals surface area contributed by atoms with Gasteiger partial charge >= 0.3 is 5.97 Å². The van der Waals surface area contributed by atoms with Crippen molar-refractivity contribution >= 4 is 11.5 Å². The minimum absolute atomic E-state index is 0.326. The molecule has 4 heteroatoms. The molecule has 0 radical (unpaired) electrons. The number of hydrogen-bond donors (Lipinski definition) is 1. The van der Waals surface area contributed by atoms with Gasteiger partial charge in [-0.15, -0.1) is 0 Å². The summed E-state index contributed by atoms with van der Waals surface area (Å²) in [5, 5.41) is 8.46. The number of benzene rings is 1. The molecule has 0 heterocycles. The molecular weight excluding hydrogens is 178 g/mol. The summed E-state index contributed by atoms with van der Waals surface area (Å²) in [4.78, 5) is 10.4. The molecular formula is C9H6F2O2. The lowest BCUT2D eigenvalue weighted by Gasteiger charge is -2.01. The second-order valence-electron chi connectivity index (χ2n) is 2.41. The van der Waals surface area contributed by atoms with Gasteiger partial charge in [-0.05, 0) is 18.2 Å². The first-order valence-electron chi connectivity index (χ1n) is 3.40. The first kappa shape index (κ1) is 9.38. The molecule has 0 amide bonds. The normalized spacial score (nSPS) is 9.69. The smallest absolute Gasteiger partial charge is 0.335 e. The van der Waals surface area contributed by atoms with E-state index in [4.69, 9.17) is 5.11 Å². The third-order valence-electron chi connectivity index (χ3n) is 1.51. The summed E-state index contributed by atoms with van der Waals surface area (Å²) in [7, 11) is 0. The van der Waals surface area contributed by atoms with E-state index in [9.17, 15) is 13.6 Å². The molecule has 1 N–H and O–H groups in total. The Bertz CT molecular complexity index is 372. The van der Waals surface area contributed by atoms with Crippen LogP contribution >= 0.6 is 0 Å². The Morgan fingerprint density at radius 2 is 2.00 bits per heavy atom. The lowest BCUT2D eigenvalue weighted by atomic mass is 10.1. The van der Waals surface area contributed by atoms with Crippen LogP contribution in [0, 0.1) is 11.6 Å². The Hall–Kier alpha value is -1.71. The van der Waals surface area contributed by atoms with Gasteiger partial charge in [0.05, 0.1) is 5.57 Å². The van der Waals surface area contributed by atoms with E-state index >= 15 is 0 Å². The summed E-state index contributed by atoms with van der Waals surface area (Å²) in [6.45, 7) is 3.12. The number of rotatable bonds is 2. The maximum atomic E-state index is 12.9. The quantitative estimate of drug-likeness (QED) is 0.714. The second kappa shape index (κ2) is 3.35. The minimum atomic E-state index is -1.37. The highest BCUT2D eigenvalue weighted by Crippen LogP contribution is 2.17. The van der Waals surface area contributed by atoms with Crippen molar-refractivity contribution in [3.63, 3.8) is 0 Å². The van der Waals surface area contributed by atoms with Crippen LogP contribution in [0.2, 0.25) is 0 Å². The monoisotopic (exact) mass is 184 g/mol. The molecule has 0 saturated heterocycles. The van der Waals surface area contributed by atoms with Crippen molar-refractivity contribution in [3.8, 4) is 0 Å². The second-order valence-corrected chi connectivity index (χ2v) is 2.41. The van der Waals surface area contributed by atoms with Gasteiger partial charge in [0.25, 0.3) is 0 Å². The Labute approximate surface area is 73.1 Å². The van der Waals surface area contributed by atoms with Gasteiger partial charge < -0.3 is 5.11 Å². The van der Waals surface area contributed by atoms with E-state index < -0.39 is 23.2 Å². The first-order chi connectivity index (χ1) is 6.02. The summed E-state index contributed by atoms with van der Waals surface area (Å²) in [5.41, 5.74) is -0.787. The van der Waals surface area contributed by atoms with Crippen LogP contribution in [0.3, 0.4) is 0 Å². The average Bonchev–Trinajstić information content (AvgIpc) is 2.08. The molecule has 0 aromatic heterocycles. The summed E-state index contributed by atoms with van der Waals surface area (Å²) in [5.74, 6) is -2.86. The SMILES string of the molecule is C=C(C(=O)O)c1cc(F)ccc1F. The van der Waals surface area contributed by atoms with Crippen molar-refractivity contribution in [2.45, 2.75) is 0 Å². The van der Waals surface area contributed by atoms with E-state index in [0.29, 0.717) is 0 Å². The first-order valence-corrected chi connectivity index (χ1v) is 3.40.